The first-order valence-electron chi connectivity index (χ1n) is 4.42. The molecular formula is C10H12F3N. The SMILES string of the molecule is CC(C)Cc1ncccc1C(F)(F)F. The van der Waals surface area contributed by atoms with Gasteiger partial charge < -0.3 is 0 Å². The van der Waals surface area contributed by atoms with Crippen molar-refractivity contribution in [1.29, 1.82) is 0 Å². The molecule has 0 unspecified atom stereocenters. The van der Waals surface area contributed by atoms with Gasteiger partial charge in [0.2, 0.25) is 0 Å². The molecule has 0 bridgehead atoms. The minimum absolute atomic E-state index is 0.134. The summed E-state index contributed by atoms with van der Waals surface area (Å²) >= 11 is 0. The van der Waals surface area contributed by atoms with Crippen LogP contribution in [0.5, 0.6) is 0 Å². The highest BCUT2D eigenvalue weighted by molar-refractivity contribution is 5.23. The lowest BCUT2D eigenvalue weighted by Gasteiger charge is -2.12. The fraction of sp³-hybridized carbons (Fsp3) is 0.500. The van der Waals surface area contributed by atoms with E-state index < -0.39 is 11.7 Å². The van der Waals surface area contributed by atoms with Crippen molar-refractivity contribution in [1.82, 2.24) is 4.98 Å². The zero-order chi connectivity index (χ0) is 10.8. The number of rotatable bonds is 2. The first-order chi connectivity index (χ1) is 6.41. The van der Waals surface area contributed by atoms with E-state index >= 15 is 0 Å². The van der Waals surface area contributed by atoms with E-state index in [1.165, 1.54) is 12.3 Å². The minimum atomic E-state index is -4.29. The van der Waals surface area contributed by atoms with E-state index in [0.29, 0.717) is 6.42 Å². The number of hydrogen-bond donors (Lipinski definition) is 0. The molecule has 1 aromatic heterocycles. The zero-order valence-electron chi connectivity index (χ0n) is 8.10. The highest BCUT2D eigenvalue weighted by atomic mass is 19.4. The van der Waals surface area contributed by atoms with Gasteiger partial charge in [0, 0.05) is 6.20 Å². The Morgan fingerprint density at radius 3 is 2.50 bits per heavy atom. The molecule has 14 heavy (non-hydrogen) atoms. The summed E-state index contributed by atoms with van der Waals surface area (Å²) in [5, 5.41) is 0. The Balaban J connectivity index is 3.04. The van der Waals surface area contributed by atoms with E-state index in [2.05, 4.69) is 4.98 Å². The predicted molar refractivity (Wildman–Crippen MR) is 47.8 cm³/mol. The maximum absolute atomic E-state index is 12.5. The van der Waals surface area contributed by atoms with Crippen molar-refractivity contribution in [2.24, 2.45) is 5.92 Å². The van der Waals surface area contributed by atoms with Gasteiger partial charge >= 0.3 is 6.18 Å². The maximum atomic E-state index is 12.5. The van der Waals surface area contributed by atoms with Crippen LogP contribution in [0, 0.1) is 5.92 Å². The standard InChI is InChI=1S/C10H12F3N/c1-7(2)6-9-8(10(11,12)13)4-3-5-14-9/h3-5,7H,6H2,1-2H3. The Hall–Kier alpha value is -1.06. The molecule has 0 saturated carbocycles. The number of aromatic nitrogens is 1. The second-order valence-corrected chi connectivity index (χ2v) is 3.59. The molecule has 1 aromatic rings. The molecular weight excluding hydrogens is 191 g/mol. The molecule has 0 amide bonds. The summed E-state index contributed by atoms with van der Waals surface area (Å²) in [6, 6.07) is 2.39. The van der Waals surface area contributed by atoms with Crippen molar-refractivity contribution in [2.75, 3.05) is 0 Å². The summed E-state index contributed by atoms with van der Waals surface area (Å²) in [6.45, 7) is 3.74. The van der Waals surface area contributed by atoms with Crippen molar-refractivity contribution < 1.29 is 13.2 Å². The van der Waals surface area contributed by atoms with Crippen LogP contribution < -0.4 is 0 Å². The summed E-state index contributed by atoms with van der Waals surface area (Å²) in [5.74, 6) is 0.172. The van der Waals surface area contributed by atoms with E-state index in [1.54, 1.807) is 0 Å². The minimum Gasteiger partial charge on any atom is -0.261 e. The first-order valence-corrected chi connectivity index (χ1v) is 4.42. The Labute approximate surface area is 81.0 Å². The second-order valence-electron chi connectivity index (χ2n) is 3.59. The Kier molecular flexibility index (Phi) is 3.13. The highest BCUT2D eigenvalue weighted by Crippen LogP contribution is 2.31. The largest absolute Gasteiger partial charge is 0.418 e. The molecule has 0 fully saturated rings. The molecule has 0 aliphatic heterocycles. The molecule has 0 N–H and O–H groups in total. The van der Waals surface area contributed by atoms with Gasteiger partial charge in [-0.05, 0) is 24.5 Å². The van der Waals surface area contributed by atoms with Crippen LogP contribution in [0.2, 0.25) is 0 Å². The fourth-order valence-corrected chi connectivity index (χ4v) is 1.25. The quantitative estimate of drug-likeness (QED) is 0.718. The van der Waals surface area contributed by atoms with Gasteiger partial charge in [-0.1, -0.05) is 13.8 Å². The van der Waals surface area contributed by atoms with E-state index in [1.807, 2.05) is 13.8 Å². The molecule has 0 saturated heterocycles. The number of alkyl halides is 3. The van der Waals surface area contributed by atoms with Crippen LogP contribution in [0.1, 0.15) is 25.1 Å². The summed E-state index contributed by atoms with van der Waals surface area (Å²) in [7, 11) is 0. The van der Waals surface area contributed by atoms with Crippen molar-refractivity contribution >= 4 is 0 Å². The topological polar surface area (TPSA) is 12.9 Å². The van der Waals surface area contributed by atoms with Gasteiger partial charge in [0.05, 0.1) is 11.3 Å². The lowest BCUT2D eigenvalue weighted by atomic mass is 10.0. The predicted octanol–water partition coefficient (Wildman–Crippen LogP) is 3.30. The number of nitrogens with zero attached hydrogens (tertiary/aromatic N) is 1. The Morgan fingerprint density at radius 1 is 1.36 bits per heavy atom. The van der Waals surface area contributed by atoms with Crippen LogP contribution >= 0.6 is 0 Å². The highest BCUT2D eigenvalue weighted by Gasteiger charge is 2.33. The first kappa shape index (κ1) is 11.0. The van der Waals surface area contributed by atoms with Gasteiger partial charge in [0.1, 0.15) is 0 Å². The average Bonchev–Trinajstić information content (AvgIpc) is 2.01. The molecule has 0 radical (unpaired) electrons. The van der Waals surface area contributed by atoms with E-state index in [9.17, 15) is 13.2 Å². The van der Waals surface area contributed by atoms with Gasteiger partial charge in [-0.15, -0.1) is 0 Å². The lowest BCUT2D eigenvalue weighted by molar-refractivity contribution is -0.138. The monoisotopic (exact) mass is 203 g/mol. The van der Waals surface area contributed by atoms with E-state index in [-0.39, 0.29) is 11.6 Å². The van der Waals surface area contributed by atoms with Crippen LogP contribution in [-0.2, 0) is 12.6 Å². The molecule has 1 nitrogen and oxygen atoms in total. The molecule has 0 atom stereocenters. The van der Waals surface area contributed by atoms with Crippen LogP contribution in [0.3, 0.4) is 0 Å². The Bertz CT molecular complexity index is 304. The summed E-state index contributed by atoms with van der Waals surface area (Å²) in [4.78, 5) is 3.77. The van der Waals surface area contributed by atoms with Gasteiger partial charge in [-0.3, -0.25) is 4.98 Å². The number of hydrogen-bond acceptors (Lipinski definition) is 1. The molecule has 4 heteroatoms. The van der Waals surface area contributed by atoms with Gasteiger partial charge in [0.25, 0.3) is 0 Å². The smallest absolute Gasteiger partial charge is 0.261 e. The fourth-order valence-electron chi connectivity index (χ4n) is 1.25. The van der Waals surface area contributed by atoms with E-state index in [4.69, 9.17) is 0 Å². The third-order valence-corrected chi connectivity index (χ3v) is 1.80. The third-order valence-electron chi connectivity index (χ3n) is 1.80. The normalized spacial score (nSPS) is 12.1. The number of pyridine rings is 1. The lowest BCUT2D eigenvalue weighted by Crippen LogP contribution is -2.12. The number of halogens is 3. The molecule has 1 heterocycles. The third kappa shape index (κ3) is 2.72. The molecule has 0 aromatic carbocycles. The Morgan fingerprint density at radius 2 is 2.00 bits per heavy atom. The van der Waals surface area contributed by atoms with Crippen molar-refractivity contribution in [2.45, 2.75) is 26.4 Å². The summed E-state index contributed by atoms with van der Waals surface area (Å²) in [6.07, 6.45) is -2.54. The molecule has 0 aliphatic rings. The van der Waals surface area contributed by atoms with Crippen molar-refractivity contribution in [3.05, 3.63) is 29.6 Å². The van der Waals surface area contributed by atoms with Crippen molar-refractivity contribution in [3.63, 3.8) is 0 Å². The van der Waals surface area contributed by atoms with Gasteiger partial charge in [0.15, 0.2) is 0 Å². The average molecular weight is 203 g/mol. The molecule has 0 aliphatic carbocycles. The van der Waals surface area contributed by atoms with Crippen LogP contribution in [0.15, 0.2) is 18.3 Å². The second kappa shape index (κ2) is 3.98. The van der Waals surface area contributed by atoms with Gasteiger partial charge in [-0.25, -0.2) is 0 Å². The summed E-state index contributed by atoms with van der Waals surface area (Å²) in [5.41, 5.74) is -0.483. The van der Waals surface area contributed by atoms with Crippen LogP contribution in [0.25, 0.3) is 0 Å². The summed E-state index contributed by atoms with van der Waals surface area (Å²) < 4.78 is 37.4. The molecule has 0 spiro atoms. The zero-order valence-corrected chi connectivity index (χ0v) is 8.10. The van der Waals surface area contributed by atoms with Crippen LogP contribution in [-0.4, -0.2) is 4.98 Å². The van der Waals surface area contributed by atoms with Crippen molar-refractivity contribution in [3.8, 4) is 0 Å². The van der Waals surface area contributed by atoms with Gasteiger partial charge in [-0.2, -0.15) is 13.2 Å². The molecule has 1 rings (SSSR count). The van der Waals surface area contributed by atoms with E-state index in [0.717, 1.165) is 6.07 Å². The molecule has 78 valence electrons. The maximum Gasteiger partial charge on any atom is 0.418 e. The van der Waals surface area contributed by atoms with Crippen LogP contribution in [0.4, 0.5) is 13.2 Å².